The van der Waals surface area contributed by atoms with Gasteiger partial charge >= 0.3 is 5.97 Å². The van der Waals surface area contributed by atoms with Gasteiger partial charge in [-0.2, -0.15) is 0 Å². The van der Waals surface area contributed by atoms with Gasteiger partial charge in [-0.05, 0) is 54.1 Å². The number of benzene rings is 3. The van der Waals surface area contributed by atoms with Crippen molar-refractivity contribution in [2.24, 2.45) is 0 Å². The van der Waals surface area contributed by atoms with Crippen molar-refractivity contribution in [2.45, 2.75) is 6.42 Å². The largest absolute Gasteiger partial charge is 0.497 e. The highest BCUT2D eigenvalue weighted by atomic mass is 16.5. The molecule has 0 amide bonds. The molecule has 0 aliphatic carbocycles. The lowest BCUT2D eigenvalue weighted by Crippen LogP contribution is -2.06. The maximum absolute atomic E-state index is 13.5. The van der Waals surface area contributed by atoms with Crippen molar-refractivity contribution >= 4 is 27.9 Å². The molecule has 8 nitrogen and oxygen atoms in total. The van der Waals surface area contributed by atoms with Crippen molar-refractivity contribution in [1.29, 1.82) is 0 Å². The number of rotatable bonds is 7. The predicted molar refractivity (Wildman–Crippen MR) is 134 cm³/mol. The second-order valence-electron chi connectivity index (χ2n) is 8.07. The normalized spacial score (nSPS) is 11.1. The fraction of sp³-hybridized carbons (Fsp3) is 0.143. The molecular weight excluding hydrogens is 464 g/mol. The molecule has 0 aliphatic rings. The van der Waals surface area contributed by atoms with Crippen LogP contribution in [0.2, 0.25) is 0 Å². The van der Waals surface area contributed by atoms with E-state index in [9.17, 15) is 14.7 Å². The fourth-order valence-electron chi connectivity index (χ4n) is 4.34. The van der Waals surface area contributed by atoms with Crippen LogP contribution in [0.15, 0.2) is 74.5 Å². The number of ether oxygens (including phenoxy) is 3. The van der Waals surface area contributed by atoms with Gasteiger partial charge in [0.15, 0.2) is 11.5 Å². The monoisotopic (exact) mass is 486 g/mol. The van der Waals surface area contributed by atoms with Crippen molar-refractivity contribution in [3.05, 3.63) is 76.6 Å². The van der Waals surface area contributed by atoms with E-state index in [-0.39, 0.29) is 17.4 Å². The standard InChI is InChI=1S/C28H22O8/c1-32-17-7-4-15(5-8-17)27-19(13-24(29)30)25-22(36-27)11-9-18-26(31)20(14-35-28(18)25)16-6-10-21(33-2)23(12-16)34-3/h4-12,14H,13H2,1-3H3,(H,29,30). The Morgan fingerprint density at radius 3 is 2.28 bits per heavy atom. The van der Waals surface area contributed by atoms with E-state index in [2.05, 4.69) is 0 Å². The summed E-state index contributed by atoms with van der Waals surface area (Å²) in [6.07, 6.45) is 1.06. The van der Waals surface area contributed by atoms with E-state index in [0.717, 1.165) is 0 Å². The summed E-state index contributed by atoms with van der Waals surface area (Å²) in [5.74, 6) is 1.04. The van der Waals surface area contributed by atoms with Gasteiger partial charge in [-0.15, -0.1) is 0 Å². The van der Waals surface area contributed by atoms with Crippen LogP contribution in [0.5, 0.6) is 17.2 Å². The van der Waals surface area contributed by atoms with Crippen LogP contribution in [0.4, 0.5) is 0 Å². The lowest BCUT2D eigenvalue weighted by molar-refractivity contribution is -0.136. The Hall–Kier alpha value is -4.72. The minimum Gasteiger partial charge on any atom is -0.497 e. The van der Waals surface area contributed by atoms with Crippen LogP contribution in [-0.2, 0) is 11.2 Å². The molecule has 0 bridgehead atoms. The number of hydrogen-bond donors (Lipinski definition) is 1. The third kappa shape index (κ3) is 3.82. The Morgan fingerprint density at radius 1 is 0.889 bits per heavy atom. The Morgan fingerprint density at radius 2 is 1.61 bits per heavy atom. The molecule has 3 aromatic carbocycles. The van der Waals surface area contributed by atoms with Gasteiger partial charge in [-0.1, -0.05) is 6.07 Å². The third-order valence-electron chi connectivity index (χ3n) is 6.07. The minimum absolute atomic E-state index is 0.265. The van der Waals surface area contributed by atoms with Crippen LogP contribution in [0.3, 0.4) is 0 Å². The molecule has 5 aromatic rings. The number of aliphatic carboxylic acids is 1. The molecule has 2 heterocycles. The molecule has 0 saturated carbocycles. The molecule has 5 rings (SSSR count). The highest BCUT2D eigenvalue weighted by Gasteiger charge is 2.23. The summed E-state index contributed by atoms with van der Waals surface area (Å²) >= 11 is 0. The number of methoxy groups -OCH3 is 3. The van der Waals surface area contributed by atoms with E-state index < -0.39 is 5.97 Å². The van der Waals surface area contributed by atoms with Crippen LogP contribution >= 0.6 is 0 Å². The molecule has 8 heteroatoms. The van der Waals surface area contributed by atoms with Gasteiger partial charge in [-0.3, -0.25) is 9.59 Å². The predicted octanol–water partition coefficient (Wildman–Crippen LogP) is 5.53. The smallest absolute Gasteiger partial charge is 0.307 e. The van der Waals surface area contributed by atoms with Gasteiger partial charge < -0.3 is 28.2 Å². The maximum atomic E-state index is 13.5. The average Bonchev–Trinajstić information content (AvgIpc) is 3.26. The lowest BCUT2D eigenvalue weighted by atomic mass is 10.00. The first-order chi connectivity index (χ1) is 17.4. The van der Waals surface area contributed by atoms with Crippen molar-refractivity contribution in [3.63, 3.8) is 0 Å². The molecule has 182 valence electrons. The Balaban J connectivity index is 1.73. The van der Waals surface area contributed by atoms with Crippen molar-refractivity contribution < 1.29 is 32.9 Å². The second kappa shape index (κ2) is 9.14. The van der Waals surface area contributed by atoms with Crippen LogP contribution in [0, 0.1) is 0 Å². The van der Waals surface area contributed by atoms with E-state index in [0.29, 0.717) is 61.6 Å². The summed E-state index contributed by atoms with van der Waals surface area (Å²) in [5.41, 5.74) is 2.46. The van der Waals surface area contributed by atoms with E-state index >= 15 is 0 Å². The Labute approximate surface area is 205 Å². The van der Waals surface area contributed by atoms with Crippen molar-refractivity contribution in [3.8, 4) is 39.7 Å². The van der Waals surface area contributed by atoms with E-state index in [1.54, 1.807) is 61.7 Å². The van der Waals surface area contributed by atoms with Crippen LogP contribution in [-0.4, -0.2) is 32.4 Å². The van der Waals surface area contributed by atoms with Crippen LogP contribution in [0.25, 0.3) is 44.4 Å². The SMILES string of the molecule is COc1ccc(-c2oc3ccc4c(=O)c(-c5ccc(OC)c(OC)c5)coc4c3c2CC(=O)O)cc1. The van der Waals surface area contributed by atoms with Gasteiger partial charge in [0.1, 0.15) is 28.9 Å². The molecule has 0 radical (unpaired) electrons. The molecule has 1 N–H and O–H groups in total. The van der Waals surface area contributed by atoms with Gasteiger partial charge in [-0.25, -0.2) is 0 Å². The number of hydrogen-bond acceptors (Lipinski definition) is 7. The summed E-state index contributed by atoms with van der Waals surface area (Å²) in [5, 5.41) is 10.4. The first-order valence-corrected chi connectivity index (χ1v) is 11.0. The van der Waals surface area contributed by atoms with Crippen molar-refractivity contribution in [1.82, 2.24) is 0 Å². The first-order valence-electron chi connectivity index (χ1n) is 11.0. The summed E-state index contributed by atoms with van der Waals surface area (Å²) in [6.45, 7) is 0. The highest BCUT2D eigenvalue weighted by molar-refractivity contribution is 6.07. The van der Waals surface area contributed by atoms with E-state index in [4.69, 9.17) is 23.0 Å². The number of furan rings is 1. The molecule has 0 fully saturated rings. The molecule has 0 aliphatic heterocycles. The molecule has 0 saturated heterocycles. The molecule has 36 heavy (non-hydrogen) atoms. The zero-order chi connectivity index (χ0) is 25.4. The van der Waals surface area contributed by atoms with E-state index in [1.165, 1.54) is 20.5 Å². The van der Waals surface area contributed by atoms with Gasteiger partial charge in [0.2, 0.25) is 5.43 Å². The average molecular weight is 486 g/mol. The topological polar surface area (TPSA) is 108 Å². The number of fused-ring (bicyclic) bond motifs is 3. The Kier molecular flexibility index (Phi) is 5.85. The summed E-state index contributed by atoms with van der Waals surface area (Å²) < 4.78 is 27.9. The third-order valence-corrected chi connectivity index (χ3v) is 6.07. The molecule has 2 aromatic heterocycles. The number of carboxylic acid groups (broad SMARTS) is 1. The summed E-state index contributed by atoms with van der Waals surface area (Å²) in [6, 6.07) is 15.5. The van der Waals surface area contributed by atoms with Gasteiger partial charge in [0.25, 0.3) is 0 Å². The second-order valence-corrected chi connectivity index (χ2v) is 8.07. The quantitative estimate of drug-likeness (QED) is 0.320. The summed E-state index contributed by atoms with van der Waals surface area (Å²) in [4.78, 5) is 25.3. The highest BCUT2D eigenvalue weighted by Crippen LogP contribution is 2.39. The summed E-state index contributed by atoms with van der Waals surface area (Å²) in [7, 11) is 4.62. The maximum Gasteiger partial charge on any atom is 0.307 e. The molecule has 0 unspecified atom stereocenters. The van der Waals surface area contributed by atoms with Crippen molar-refractivity contribution in [2.75, 3.05) is 21.3 Å². The molecular formula is C28H22O8. The van der Waals surface area contributed by atoms with E-state index in [1.807, 2.05) is 0 Å². The van der Waals surface area contributed by atoms with Crippen LogP contribution < -0.4 is 19.6 Å². The Bertz CT molecular complexity index is 1660. The van der Waals surface area contributed by atoms with Crippen LogP contribution in [0.1, 0.15) is 5.56 Å². The lowest BCUT2D eigenvalue weighted by Gasteiger charge is -2.10. The first kappa shape index (κ1) is 23.0. The molecule has 0 atom stereocenters. The fourth-order valence-corrected chi connectivity index (χ4v) is 4.34. The number of carboxylic acids is 1. The zero-order valence-corrected chi connectivity index (χ0v) is 19.8. The van der Waals surface area contributed by atoms with Gasteiger partial charge in [0, 0.05) is 11.1 Å². The zero-order valence-electron chi connectivity index (χ0n) is 19.8. The minimum atomic E-state index is -1.03. The molecule has 0 spiro atoms. The number of carbonyl (C=O) groups is 1. The van der Waals surface area contributed by atoms with Gasteiger partial charge in [0.05, 0.1) is 44.1 Å².